The number of nitrogens with two attached hydrogens (primary N) is 2. The predicted molar refractivity (Wildman–Crippen MR) is 139 cm³/mol. The molecular formula is C26H33N5O8. The second-order valence-corrected chi connectivity index (χ2v) is 9.04. The Kier molecular flexibility index (Phi) is 11.2. The molecule has 0 aliphatic heterocycles. The number of phenols is 2. The highest BCUT2D eigenvalue weighted by Gasteiger charge is 2.29. The zero-order chi connectivity index (χ0) is 29.1. The quantitative estimate of drug-likeness (QED) is 0.146. The van der Waals surface area contributed by atoms with Gasteiger partial charge in [0, 0.05) is 19.3 Å². The van der Waals surface area contributed by atoms with Crippen LogP contribution in [0, 0.1) is 0 Å². The lowest BCUT2D eigenvalue weighted by Gasteiger charge is -2.24. The zero-order valence-corrected chi connectivity index (χ0v) is 21.3. The van der Waals surface area contributed by atoms with Crippen molar-refractivity contribution in [3.8, 4) is 11.5 Å². The lowest BCUT2D eigenvalue weighted by molar-refractivity contribution is -0.142. The van der Waals surface area contributed by atoms with Crippen molar-refractivity contribution in [1.82, 2.24) is 16.0 Å². The standard InChI is InChI=1S/C26H33N5O8/c1-14(23(35)31-21(26(38)39)13-16-4-8-18(33)9-5-16)29-25(37)20(12-15-2-6-17(32)7-3-15)30-24(36)19(27)10-11-22(28)34/h2-9,14,19-21,32-33H,10-13,27H2,1H3,(H2,28,34)(H,29,37)(H,30,36)(H,31,35)(H,38,39). The van der Waals surface area contributed by atoms with E-state index < -0.39 is 53.8 Å². The number of benzene rings is 2. The number of hydrogen-bond donors (Lipinski definition) is 8. The van der Waals surface area contributed by atoms with E-state index in [2.05, 4.69) is 16.0 Å². The molecule has 0 saturated carbocycles. The van der Waals surface area contributed by atoms with Crippen molar-refractivity contribution >= 4 is 29.6 Å². The van der Waals surface area contributed by atoms with E-state index in [1.807, 2.05) is 0 Å². The molecule has 0 aliphatic carbocycles. The van der Waals surface area contributed by atoms with Crippen LogP contribution in [0.5, 0.6) is 11.5 Å². The van der Waals surface area contributed by atoms with E-state index in [1.165, 1.54) is 43.3 Å². The molecule has 2 aromatic carbocycles. The van der Waals surface area contributed by atoms with E-state index in [9.17, 15) is 39.3 Å². The topological polar surface area (TPSA) is 234 Å². The fraction of sp³-hybridized carbons (Fsp3) is 0.346. The van der Waals surface area contributed by atoms with Crippen LogP contribution in [0.15, 0.2) is 48.5 Å². The minimum atomic E-state index is -1.31. The summed E-state index contributed by atoms with van der Waals surface area (Å²) in [6.07, 6.45) is -0.251. The summed E-state index contributed by atoms with van der Waals surface area (Å²) in [7, 11) is 0. The van der Waals surface area contributed by atoms with Gasteiger partial charge >= 0.3 is 5.97 Å². The molecule has 39 heavy (non-hydrogen) atoms. The Morgan fingerprint density at radius 3 is 1.67 bits per heavy atom. The van der Waals surface area contributed by atoms with E-state index in [1.54, 1.807) is 12.1 Å². The van der Waals surface area contributed by atoms with Gasteiger partial charge in [-0.3, -0.25) is 19.2 Å². The first-order chi connectivity index (χ1) is 18.3. The number of carboxylic acids is 1. The molecule has 2 rings (SSSR count). The summed E-state index contributed by atoms with van der Waals surface area (Å²) in [4.78, 5) is 61.1. The van der Waals surface area contributed by atoms with Gasteiger partial charge in [0.05, 0.1) is 6.04 Å². The summed E-state index contributed by atoms with van der Waals surface area (Å²) in [6, 6.07) is 6.93. The second kappa shape index (κ2) is 14.3. The van der Waals surface area contributed by atoms with Gasteiger partial charge in [0.1, 0.15) is 29.6 Å². The molecule has 0 aliphatic rings. The Hall–Kier alpha value is -4.65. The number of phenolic OH excluding ortho intramolecular Hbond substituents is 2. The summed E-state index contributed by atoms with van der Waals surface area (Å²) in [5.41, 5.74) is 12.0. The molecule has 0 bridgehead atoms. The van der Waals surface area contributed by atoms with Crippen LogP contribution in [0.2, 0.25) is 0 Å². The Labute approximate surface area is 224 Å². The summed E-state index contributed by atoms with van der Waals surface area (Å²) in [5, 5.41) is 35.8. The maximum Gasteiger partial charge on any atom is 0.326 e. The number of carboxylic acid groups (broad SMARTS) is 1. The average molecular weight is 544 g/mol. The molecule has 0 saturated heterocycles. The first kappa shape index (κ1) is 30.6. The van der Waals surface area contributed by atoms with Crippen LogP contribution in [0.3, 0.4) is 0 Å². The number of rotatable bonds is 14. The highest BCUT2D eigenvalue weighted by atomic mass is 16.4. The highest BCUT2D eigenvalue weighted by Crippen LogP contribution is 2.13. The average Bonchev–Trinajstić information content (AvgIpc) is 2.88. The van der Waals surface area contributed by atoms with Crippen molar-refractivity contribution in [2.45, 2.75) is 56.8 Å². The summed E-state index contributed by atoms with van der Waals surface area (Å²) < 4.78 is 0. The molecule has 13 heteroatoms. The molecule has 13 nitrogen and oxygen atoms in total. The third kappa shape index (κ3) is 10.3. The van der Waals surface area contributed by atoms with Crippen LogP contribution in [-0.4, -0.2) is 69.1 Å². The third-order valence-electron chi connectivity index (χ3n) is 5.79. The van der Waals surface area contributed by atoms with Gasteiger partial charge in [0.25, 0.3) is 0 Å². The Balaban J connectivity index is 2.09. The normalized spacial score (nSPS) is 13.8. The first-order valence-corrected chi connectivity index (χ1v) is 12.1. The van der Waals surface area contributed by atoms with Crippen molar-refractivity contribution in [2.75, 3.05) is 0 Å². The summed E-state index contributed by atoms with van der Waals surface area (Å²) in [6.45, 7) is 1.35. The number of carbonyl (C=O) groups excluding carboxylic acids is 4. The largest absolute Gasteiger partial charge is 0.508 e. The van der Waals surface area contributed by atoms with Crippen molar-refractivity contribution < 1.29 is 39.3 Å². The maximum atomic E-state index is 13.1. The third-order valence-corrected chi connectivity index (χ3v) is 5.79. The van der Waals surface area contributed by atoms with Crippen molar-refractivity contribution in [3.05, 3.63) is 59.7 Å². The number of primary amides is 1. The fourth-order valence-electron chi connectivity index (χ4n) is 3.53. The van der Waals surface area contributed by atoms with Gasteiger partial charge in [0.2, 0.25) is 23.6 Å². The van der Waals surface area contributed by atoms with Gasteiger partial charge in [0.15, 0.2) is 0 Å². The van der Waals surface area contributed by atoms with Gasteiger partial charge in [-0.1, -0.05) is 24.3 Å². The first-order valence-electron chi connectivity index (χ1n) is 12.1. The van der Waals surface area contributed by atoms with Crippen molar-refractivity contribution in [3.63, 3.8) is 0 Å². The molecular weight excluding hydrogens is 510 g/mol. The SMILES string of the molecule is CC(NC(=O)C(Cc1ccc(O)cc1)NC(=O)C(N)CCC(N)=O)C(=O)NC(Cc1ccc(O)cc1)C(=O)O. The summed E-state index contributed by atoms with van der Waals surface area (Å²) in [5.74, 6) is -4.16. The predicted octanol–water partition coefficient (Wildman–Crippen LogP) is -0.965. The van der Waals surface area contributed by atoms with E-state index in [0.717, 1.165) is 0 Å². The number of nitrogens with one attached hydrogen (secondary N) is 3. The van der Waals surface area contributed by atoms with Crippen LogP contribution in [0.1, 0.15) is 30.9 Å². The minimum Gasteiger partial charge on any atom is -0.508 e. The number of amides is 4. The molecule has 0 heterocycles. The molecule has 2 aromatic rings. The van der Waals surface area contributed by atoms with Crippen LogP contribution >= 0.6 is 0 Å². The molecule has 0 aromatic heterocycles. The molecule has 4 atom stereocenters. The van der Waals surface area contributed by atoms with E-state index >= 15 is 0 Å². The molecule has 0 radical (unpaired) electrons. The second-order valence-electron chi connectivity index (χ2n) is 9.04. The lowest BCUT2D eigenvalue weighted by atomic mass is 10.0. The molecule has 4 unspecified atom stereocenters. The monoisotopic (exact) mass is 543 g/mol. The van der Waals surface area contributed by atoms with Gasteiger partial charge in [-0.25, -0.2) is 4.79 Å². The van der Waals surface area contributed by atoms with Crippen LogP contribution in [-0.2, 0) is 36.8 Å². The maximum absolute atomic E-state index is 13.1. The molecule has 4 amide bonds. The zero-order valence-electron chi connectivity index (χ0n) is 21.3. The van der Waals surface area contributed by atoms with E-state index in [4.69, 9.17) is 11.5 Å². The van der Waals surface area contributed by atoms with Gasteiger partial charge in [-0.05, 0) is 48.7 Å². The van der Waals surface area contributed by atoms with Crippen LogP contribution < -0.4 is 27.4 Å². The number of aromatic hydroxyl groups is 2. The Bertz CT molecular complexity index is 1170. The lowest BCUT2D eigenvalue weighted by Crippen LogP contribution is -2.57. The molecule has 10 N–H and O–H groups in total. The smallest absolute Gasteiger partial charge is 0.326 e. The van der Waals surface area contributed by atoms with Gasteiger partial charge < -0.3 is 42.7 Å². The molecule has 0 spiro atoms. The molecule has 0 fully saturated rings. The van der Waals surface area contributed by atoms with Crippen LogP contribution in [0.25, 0.3) is 0 Å². The minimum absolute atomic E-state index is 0.00263. The number of hydrogen-bond acceptors (Lipinski definition) is 8. The van der Waals surface area contributed by atoms with Crippen molar-refractivity contribution in [1.29, 1.82) is 0 Å². The molecule has 210 valence electrons. The fourth-order valence-corrected chi connectivity index (χ4v) is 3.53. The number of aliphatic carboxylic acids is 1. The van der Waals surface area contributed by atoms with Gasteiger partial charge in [-0.15, -0.1) is 0 Å². The summed E-state index contributed by atoms with van der Waals surface area (Å²) >= 11 is 0. The van der Waals surface area contributed by atoms with Gasteiger partial charge in [-0.2, -0.15) is 0 Å². The highest BCUT2D eigenvalue weighted by molar-refractivity contribution is 5.94. The van der Waals surface area contributed by atoms with E-state index in [0.29, 0.717) is 11.1 Å². The van der Waals surface area contributed by atoms with E-state index in [-0.39, 0.29) is 37.2 Å². The Morgan fingerprint density at radius 2 is 1.21 bits per heavy atom. The van der Waals surface area contributed by atoms with Crippen molar-refractivity contribution in [2.24, 2.45) is 11.5 Å². The Morgan fingerprint density at radius 1 is 0.744 bits per heavy atom. The van der Waals surface area contributed by atoms with Crippen LogP contribution in [0.4, 0.5) is 0 Å². The number of carbonyl (C=O) groups is 5.